The molecule has 0 radical (unpaired) electrons. The predicted octanol–water partition coefficient (Wildman–Crippen LogP) is 3.15. The molecule has 1 unspecified atom stereocenters. The molecule has 0 spiro atoms. The molecule has 9 heteroatoms. The summed E-state index contributed by atoms with van der Waals surface area (Å²) in [5.41, 5.74) is 0.731. The van der Waals surface area contributed by atoms with Gasteiger partial charge in [0.2, 0.25) is 11.8 Å². The Kier molecular flexibility index (Phi) is 5.09. The minimum absolute atomic E-state index is 0.000689. The zero-order valence-corrected chi connectivity index (χ0v) is 16.4. The number of ether oxygens (including phenoxy) is 2. The first kappa shape index (κ1) is 19.4. The summed E-state index contributed by atoms with van der Waals surface area (Å²) < 4.78 is 16.9. The number of nitrogens with zero attached hydrogens (tertiary/aromatic N) is 3. The third-order valence-corrected chi connectivity index (χ3v) is 4.65. The van der Waals surface area contributed by atoms with Crippen molar-refractivity contribution >= 4 is 11.9 Å². The van der Waals surface area contributed by atoms with Crippen LogP contribution < -0.4 is 9.47 Å². The summed E-state index contributed by atoms with van der Waals surface area (Å²) in [7, 11) is 1.70. The number of likely N-dealkylation sites (tertiary alicyclic amines) is 1. The molecule has 1 fully saturated rings. The molecule has 1 aromatic heterocycles. The summed E-state index contributed by atoms with van der Waals surface area (Å²) in [6, 6.07) is 11.3. The minimum atomic E-state index is -1.12. The van der Waals surface area contributed by atoms with Crippen LogP contribution in [0.5, 0.6) is 17.2 Å². The Hall–Kier alpha value is -3.88. The molecule has 1 N–H and O–H groups in total. The fraction of sp³-hybridized carbons (Fsp3) is 0.238. The van der Waals surface area contributed by atoms with Gasteiger partial charge in [-0.2, -0.15) is 0 Å². The maximum atomic E-state index is 12.1. The molecule has 1 aliphatic rings. The van der Waals surface area contributed by atoms with Crippen LogP contribution in [0.2, 0.25) is 0 Å². The second kappa shape index (κ2) is 7.86. The summed E-state index contributed by atoms with van der Waals surface area (Å²) in [4.78, 5) is 25.2. The Morgan fingerprint density at radius 3 is 2.47 bits per heavy atom. The fourth-order valence-corrected chi connectivity index (χ4v) is 3.10. The van der Waals surface area contributed by atoms with Gasteiger partial charge in [-0.15, -0.1) is 10.2 Å². The summed E-state index contributed by atoms with van der Waals surface area (Å²) >= 11 is 0. The number of aromatic carboxylic acids is 1. The van der Waals surface area contributed by atoms with Crippen molar-refractivity contribution in [3.63, 3.8) is 0 Å². The van der Waals surface area contributed by atoms with Crippen LogP contribution in [0.1, 0.15) is 22.7 Å². The molecule has 3 aromatic rings. The molecule has 1 saturated heterocycles. The number of carbonyl (C=O) groups excluding carboxylic acids is 1. The number of amides is 1. The normalized spacial score (nSPS) is 16.0. The first-order valence-electron chi connectivity index (χ1n) is 9.27. The van der Waals surface area contributed by atoms with Crippen LogP contribution in [-0.2, 0) is 4.79 Å². The molecule has 4 rings (SSSR count). The van der Waals surface area contributed by atoms with Crippen molar-refractivity contribution in [2.24, 2.45) is 0 Å². The average Bonchev–Trinajstić information content (AvgIpc) is 3.29. The van der Waals surface area contributed by atoms with E-state index < -0.39 is 12.1 Å². The summed E-state index contributed by atoms with van der Waals surface area (Å²) in [5.74, 6) is 0.637. The van der Waals surface area contributed by atoms with E-state index in [4.69, 9.17) is 13.9 Å². The molecule has 1 aliphatic heterocycles. The van der Waals surface area contributed by atoms with E-state index in [9.17, 15) is 14.7 Å². The maximum Gasteiger partial charge on any atom is 0.335 e. The Morgan fingerprint density at radius 1 is 1.13 bits per heavy atom. The van der Waals surface area contributed by atoms with Gasteiger partial charge in [0.1, 0.15) is 17.2 Å². The number of carboxylic acids is 1. The van der Waals surface area contributed by atoms with Gasteiger partial charge in [0.25, 0.3) is 5.91 Å². The van der Waals surface area contributed by atoms with Gasteiger partial charge in [0.05, 0.1) is 5.56 Å². The van der Waals surface area contributed by atoms with Crippen LogP contribution in [0.4, 0.5) is 0 Å². The van der Waals surface area contributed by atoms with Gasteiger partial charge in [-0.05, 0) is 36.4 Å². The van der Waals surface area contributed by atoms with Gasteiger partial charge in [-0.3, -0.25) is 4.79 Å². The minimum Gasteiger partial charge on any atom is -0.480 e. The van der Waals surface area contributed by atoms with Crippen LogP contribution in [0.25, 0.3) is 11.5 Å². The number of rotatable bonds is 6. The van der Waals surface area contributed by atoms with Crippen molar-refractivity contribution in [1.29, 1.82) is 0 Å². The SMILES string of the molecule is Cc1nnc(-c2ccc(Oc3cc(OC4CCN(C)C4=O)cc(C(=O)O)c3)cc2)o1. The third kappa shape index (κ3) is 4.09. The van der Waals surface area contributed by atoms with Crippen molar-refractivity contribution in [1.82, 2.24) is 15.1 Å². The molecule has 1 atom stereocenters. The van der Waals surface area contributed by atoms with Gasteiger partial charge in [0.15, 0.2) is 6.10 Å². The fourth-order valence-electron chi connectivity index (χ4n) is 3.10. The Balaban J connectivity index is 1.55. The molecule has 2 heterocycles. The second-order valence-electron chi connectivity index (χ2n) is 6.91. The Bertz CT molecular complexity index is 1090. The van der Waals surface area contributed by atoms with Crippen LogP contribution in [0.15, 0.2) is 46.9 Å². The molecule has 1 amide bonds. The van der Waals surface area contributed by atoms with E-state index in [2.05, 4.69) is 10.2 Å². The quantitative estimate of drug-likeness (QED) is 0.660. The van der Waals surface area contributed by atoms with Crippen molar-refractivity contribution < 1.29 is 28.6 Å². The lowest BCUT2D eigenvalue weighted by Gasteiger charge is -2.15. The number of benzene rings is 2. The van der Waals surface area contributed by atoms with E-state index in [0.717, 1.165) is 5.56 Å². The molecule has 0 aliphatic carbocycles. The van der Waals surface area contributed by atoms with Crippen LogP contribution in [-0.4, -0.2) is 51.8 Å². The van der Waals surface area contributed by atoms with E-state index in [-0.39, 0.29) is 23.0 Å². The number of carbonyl (C=O) groups is 2. The third-order valence-electron chi connectivity index (χ3n) is 4.65. The number of hydrogen-bond donors (Lipinski definition) is 1. The van der Waals surface area contributed by atoms with Gasteiger partial charge in [-0.25, -0.2) is 4.79 Å². The van der Waals surface area contributed by atoms with Crippen molar-refractivity contribution in [2.75, 3.05) is 13.6 Å². The molecule has 0 saturated carbocycles. The number of likely N-dealkylation sites (N-methyl/N-ethyl adjacent to an activating group) is 1. The smallest absolute Gasteiger partial charge is 0.335 e. The standard InChI is InChI=1S/C21H19N3O6/c1-12-22-23-19(28-12)13-3-5-15(6-4-13)29-16-9-14(21(26)27)10-17(11-16)30-18-7-8-24(2)20(18)25/h3-6,9-11,18H,7-8H2,1-2H3,(H,26,27). The average molecular weight is 409 g/mol. The van der Waals surface area contributed by atoms with Crippen LogP contribution in [0, 0.1) is 6.92 Å². The predicted molar refractivity (Wildman–Crippen MR) is 105 cm³/mol. The molecule has 0 bridgehead atoms. The summed E-state index contributed by atoms with van der Waals surface area (Å²) in [6.45, 7) is 2.30. The first-order chi connectivity index (χ1) is 14.4. The van der Waals surface area contributed by atoms with Crippen molar-refractivity contribution in [3.8, 4) is 28.7 Å². The molecule has 30 heavy (non-hydrogen) atoms. The largest absolute Gasteiger partial charge is 0.480 e. The van der Waals surface area contributed by atoms with Crippen LogP contribution >= 0.6 is 0 Å². The topological polar surface area (TPSA) is 115 Å². The second-order valence-corrected chi connectivity index (χ2v) is 6.91. The van der Waals surface area contributed by atoms with Gasteiger partial charge in [0, 0.05) is 38.6 Å². The number of aryl methyl sites for hydroxylation is 1. The van der Waals surface area contributed by atoms with Gasteiger partial charge < -0.3 is 23.9 Å². The number of hydrogen-bond acceptors (Lipinski definition) is 7. The van der Waals surface area contributed by atoms with Crippen LogP contribution in [0.3, 0.4) is 0 Å². The highest BCUT2D eigenvalue weighted by molar-refractivity contribution is 5.89. The van der Waals surface area contributed by atoms with E-state index in [1.807, 2.05) is 0 Å². The molecule has 154 valence electrons. The van der Waals surface area contributed by atoms with Crippen molar-refractivity contribution in [2.45, 2.75) is 19.4 Å². The number of carboxylic acid groups (broad SMARTS) is 1. The van der Waals surface area contributed by atoms with E-state index in [1.165, 1.54) is 12.1 Å². The lowest BCUT2D eigenvalue weighted by molar-refractivity contribution is -0.132. The molecular weight excluding hydrogens is 390 g/mol. The highest BCUT2D eigenvalue weighted by Gasteiger charge is 2.31. The molecular formula is C21H19N3O6. The molecule has 2 aromatic carbocycles. The Morgan fingerprint density at radius 2 is 1.87 bits per heavy atom. The lowest BCUT2D eigenvalue weighted by atomic mass is 10.2. The molecule has 9 nitrogen and oxygen atoms in total. The lowest BCUT2D eigenvalue weighted by Crippen LogP contribution is -2.29. The first-order valence-corrected chi connectivity index (χ1v) is 9.27. The zero-order valence-electron chi connectivity index (χ0n) is 16.4. The van der Waals surface area contributed by atoms with Gasteiger partial charge in [-0.1, -0.05) is 0 Å². The van der Waals surface area contributed by atoms with E-state index in [0.29, 0.717) is 30.5 Å². The number of aromatic nitrogens is 2. The summed E-state index contributed by atoms with van der Waals surface area (Å²) in [6.07, 6.45) is -0.0940. The zero-order chi connectivity index (χ0) is 21.3. The summed E-state index contributed by atoms with van der Waals surface area (Å²) in [5, 5.41) is 17.2. The maximum absolute atomic E-state index is 12.1. The highest BCUT2D eigenvalue weighted by Crippen LogP contribution is 2.30. The van der Waals surface area contributed by atoms with E-state index >= 15 is 0 Å². The Labute approximate surface area is 171 Å². The highest BCUT2D eigenvalue weighted by atomic mass is 16.5. The van der Waals surface area contributed by atoms with Gasteiger partial charge >= 0.3 is 5.97 Å². The monoisotopic (exact) mass is 409 g/mol. The van der Waals surface area contributed by atoms with Crippen molar-refractivity contribution in [3.05, 3.63) is 53.9 Å². The van der Waals surface area contributed by atoms with E-state index in [1.54, 1.807) is 49.2 Å².